The number of rotatable bonds is 9. The number of carbonyl (C=O) groups is 4. The summed E-state index contributed by atoms with van der Waals surface area (Å²) in [4.78, 5) is 71.5. The zero-order chi connectivity index (χ0) is 42.5. The molecule has 5 aromatic rings. The Hall–Kier alpha value is -6.48. The number of anilines is 2. The van der Waals surface area contributed by atoms with Crippen LogP contribution in [0.2, 0.25) is 0 Å². The molecule has 4 aliphatic rings. The van der Waals surface area contributed by atoms with Gasteiger partial charge in [0.25, 0.3) is 18.2 Å². The molecular formula is C46H45F2N7O6. The molecule has 2 aromatic heterocycles. The van der Waals surface area contributed by atoms with E-state index in [1.807, 2.05) is 18.2 Å². The van der Waals surface area contributed by atoms with Crippen LogP contribution in [0.1, 0.15) is 93.1 Å². The van der Waals surface area contributed by atoms with Crippen molar-refractivity contribution in [2.75, 3.05) is 31.2 Å². The zero-order valence-electron chi connectivity index (χ0n) is 33.9. The molecule has 2 N–H and O–H groups in total. The Labute approximate surface area is 350 Å². The van der Waals surface area contributed by atoms with Crippen LogP contribution in [0.15, 0.2) is 71.7 Å². The van der Waals surface area contributed by atoms with Gasteiger partial charge in [-0.2, -0.15) is 0 Å². The SMILES string of the molecule is Cn1c(=O)n(C)c2c(C3CCOCC3)cc(N3CCCc4cc(-c5ccc(C(=O)NC/C=C/c6cccc7c6CN(C6CCC(=O)NC6=O)C7=O)nc5)c(C(F)F)cc43)cc21. The minimum Gasteiger partial charge on any atom is -0.381 e. The van der Waals surface area contributed by atoms with Gasteiger partial charge >= 0.3 is 5.69 Å². The molecule has 6 heterocycles. The monoisotopic (exact) mass is 829 g/mol. The molecule has 13 nitrogen and oxygen atoms in total. The molecule has 4 aliphatic heterocycles. The van der Waals surface area contributed by atoms with Crippen LogP contribution >= 0.6 is 0 Å². The van der Waals surface area contributed by atoms with Crippen LogP contribution in [0.5, 0.6) is 0 Å². The molecule has 0 bridgehead atoms. The molecule has 9 rings (SSSR count). The van der Waals surface area contributed by atoms with Gasteiger partial charge in [0.05, 0.1) is 11.0 Å². The molecule has 314 valence electrons. The van der Waals surface area contributed by atoms with Crippen LogP contribution in [-0.2, 0) is 41.4 Å². The van der Waals surface area contributed by atoms with Gasteiger partial charge in [-0.3, -0.25) is 38.6 Å². The summed E-state index contributed by atoms with van der Waals surface area (Å²) in [5, 5.41) is 5.12. The highest BCUT2D eigenvalue weighted by molar-refractivity contribution is 6.06. The van der Waals surface area contributed by atoms with Crippen LogP contribution in [0, 0.1) is 0 Å². The quantitative estimate of drug-likeness (QED) is 0.171. The van der Waals surface area contributed by atoms with Crippen molar-refractivity contribution < 1.29 is 32.7 Å². The van der Waals surface area contributed by atoms with Gasteiger partial charge in [-0.1, -0.05) is 30.4 Å². The molecule has 1 atom stereocenters. The van der Waals surface area contributed by atoms with Gasteiger partial charge in [0.1, 0.15) is 11.7 Å². The number of nitrogens with one attached hydrogen (secondary N) is 2. The number of hydrogen-bond acceptors (Lipinski definition) is 8. The maximum absolute atomic E-state index is 14.9. The number of benzene rings is 3. The fraction of sp³-hybridized carbons (Fsp3) is 0.348. The first-order chi connectivity index (χ1) is 29.5. The number of pyridine rings is 1. The van der Waals surface area contributed by atoms with E-state index in [9.17, 15) is 32.8 Å². The Bertz CT molecular complexity index is 2700. The lowest BCUT2D eigenvalue weighted by molar-refractivity contribution is -0.136. The molecule has 3 aromatic carbocycles. The smallest absolute Gasteiger partial charge is 0.328 e. The number of amides is 4. The first kappa shape index (κ1) is 40.0. The fourth-order valence-corrected chi connectivity index (χ4v) is 9.38. The summed E-state index contributed by atoms with van der Waals surface area (Å²) < 4.78 is 38.9. The van der Waals surface area contributed by atoms with E-state index in [1.54, 1.807) is 59.6 Å². The molecule has 61 heavy (non-hydrogen) atoms. The Morgan fingerprint density at radius 2 is 1.80 bits per heavy atom. The van der Waals surface area contributed by atoms with Crippen molar-refractivity contribution >= 4 is 52.1 Å². The first-order valence-electron chi connectivity index (χ1n) is 20.7. The minimum atomic E-state index is -2.78. The number of piperidine rings is 1. The normalized spacial score (nSPS) is 18.3. The number of fused-ring (bicyclic) bond motifs is 3. The van der Waals surface area contributed by atoms with Gasteiger partial charge in [0, 0.05) is 87.6 Å². The third-order valence-electron chi connectivity index (χ3n) is 12.6. The number of imide groups is 1. The van der Waals surface area contributed by atoms with E-state index >= 15 is 0 Å². The largest absolute Gasteiger partial charge is 0.381 e. The molecule has 2 fully saturated rings. The summed E-state index contributed by atoms with van der Waals surface area (Å²) in [5.41, 5.74) is 7.95. The molecule has 0 saturated carbocycles. The van der Waals surface area contributed by atoms with E-state index < -0.39 is 24.3 Å². The third-order valence-corrected chi connectivity index (χ3v) is 12.6. The van der Waals surface area contributed by atoms with Crippen LogP contribution in [0.25, 0.3) is 28.2 Å². The number of imidazole rings is 1. The lowest BCUT2D eigenvalue weighted by Gasteiger charge is -2.34. The van der Waals surface area contributed by atoms with Crippen LogP contribution in [-0.4, -0.2) is 75.0 Å². The topological polar surface area (TPSA) is 148 Å². The number of halogens is 2. The highest BCUT2D eigenvalue weighted by Crippen LogP contribution is 2.43. The van der Waals surface area contributed by atoms with Gasteiger partial charge in [-0.15, -0.1) is 0 Å². The van der Waals surface area contributed by atoms with Crippen molar-refractivity contribution in [3.63, 3.8) is 0 Å². The second kappa shape index (κ2) is 16.2. The average molecular weight is 830 g/mol. The molecular weight excluding hydrogens is 785 g/mol. The van der Waals surface area contributed by atoms with Gasteiger partial charge < -0.3 is 19.9 Å². The third kappa shape index (κ3) is 7.30. The van der Waals surface area contributed by atoms with E-state index in [-0.39, 0.29) is 60.6 Å². The van der Waals surface area contributed by atoms with Crippen LogP contribution in [0.4, 0.5) is 20.2 Å². The Kier molecular flexibility index (Phi) is 10.6. The lowest BCUT2D eigenvalue weighted by Crippen LogP contribution is -2.52. The number of carbonyl (C=O) groups excluding carboxylic acids is 4. The second-order valence-corrected chi connectivity index (χ2v) is 16.1. The predicted octanol–water partition coefficient (Wildman–Crippen LogP) is 6.06. The van der Waals surface area contributed by atoms with Crippen molar-refractivity contribution in [3.05, 3.63) is 116 Å². The van der Waals surface area contributed by atoms with Gasteiger partial charge in [0.2, 0.25) is 11.8 Å². The van der Waals surface area contributed by atoms with Crippen molar-refractivity contribution in [2.45, 2.75) is 63.5 Å². The van der Waals surface area contributed by atoms with Crippen molar-refractivity contribution in [1.29, 1.82) is 0 Å². The molecule has 0 spiro atoms. The summed E-state index contributed by atoms with van der Waals surface area (Å²) in [7, 11) is 3.55. The summed E-state index contributed by atoms with van der Waals surface area (Å²) in [6, 6.07) is 15.3. The first-order valence-corrected chi connectivity index (χ1v) is 20.7. The number of hydrogen-bond donors (Lipinski definition) is 2. The molecule has 0 aliphatic carbocycles. The standard InChI is InChI=1S/C46H45F2N7O6/c1-52-39-22-30(21-33(27-14-18-61-19-15-27)41(39)53(2)46(52)60)54-17-5-8-28-20-32(34(42(47)48)23-38(28)54)29-10-11-36(50-24-29)43(57)49-16-4-7-26-6-3-9-31-35(26)25-55(45(31)59)37-12-13-40(56)51-44(37)58/h3-4,6-7,9-11,20-24,27,37,42H,5,8,12-19,25H2,1-2H3,(H,49,57)(H,51,56,58)/b7-4+. The summed E-state index contributed by atoms with van der Waals surface area (Å²) in [5.74, 6) is -1.34. The van der Waals surface area contributed by atoms with Crippen molar-refractivity contribution in [1.82, 2.24) is 29.7 Å². The zero-order valence-corrected chi connectivity index (χ0v) is 33.9. The fourth-order valence-electron chi connectivity index (χ4n) is 9.38. The Balaban J connectivity index is 0.917. The maximum Gasteiger partial charge on any atom is 0.328 e. The summed E-state index contributed by atoms with van der Waals surface area (Å²) in [6.07, 6.45) is 5.81. The molecule has 1 unspecified atom stereocenters. The summed E-state index contributed by atoms with van der Waals surface area (Å²) in [6.45, 7) is 2.29. The Morgan fingerprint density at radius 1 is 0.984 bits per heavy atom. The minimum absolute atomic E-state index is 0.119. The highest BCUT2D eigenvalue weighted by Gasteiger charge is 2.39. The van der Waals surface area contributed by atoms with Gasteiger partial charge in [-0.05, 0) is 102 Å². The molecule has 15 heteroatoms. The number of alkyl halides is 2. The molecule has 0 radical (unpaired) electrons. The molecule has 2 saturated heterocycles. The van der Waals surface area contributed by atoms with Crippen LogP contribution in [0.3, 0.4) is 0 Å². The van der Waals surface area contributed by atoms with E-state index in [1.165, 1.54) is 17.2 Å². The highest BCUT2D eigenvalue weighted by atomic mass is 19.3. The van der Waals surface area contributed by atoms with E-state index in [0.29, 0.717) is 48.6 Å². The second-order valence-electron chi connectivity index (χ2n) is 16.1. The van der Waals surface area contributed by atoms with Crippen LogP contribution < -0.4 is 21.2 Å². The number of ether oxygens (including phenoxy) is 1. The predicted molar refractivity (Wildman–Crippen MR) is 225 cm³/mol. The van der Waals surface area contributed by atoms with E-state index in [2.05, 4.69) is 26.6 Å². The van der Waals surface area contributed by atoms with E-state index in [0.717, 1.165) is 58.2 Å². The average Bonchev–Trinajstić information content (AvgIpc) is 3.72. The lowest BCUT2D eigenvalue weighted by atomic mass is 9.89. The number of aromatic nitrogens is 3. The van der Waals surface area contributed by atoms with Crippen molar-refractivity contribution in [2.24, 2.45) is 14.1 Å². The molecule has 4 amide bonds. The number of aryl methyl sites for hydroxylation is 3. The van der Waals surface area contributed by atoms with E-state index in [4.69, 9.17) is 4.74 Å². The van der Waals surface area contributed by atoms with Gasteiger partial charge in [-0.25, -0.2) is 13.6 Å². The summed E-state index contributed by atoms with van der Waals surface area (Å²) >= 11 is 0. The Morgan fingerprint density at radius 3 is 2.56 bits per heavy atom. The van der Waals surface area contributed by atoms with Gasteiger partial charge in [0.15, 0.2) is 0 Å². The number of nitrogens with zero attached hydrogens (tertiary/aromatic N) is 5. The maximum atomic E-state index is 14.9. The van der Waals surface area contributed by atoms with Crippen molar-refractivity contribution in [3.8, 4) is 11.1 Å².